The maximum absolute atomic E-state index is 10.9. The van der Waals surface area contributed by atoms with Gasteiger partial charge in [0.2, 0.25) is 5.91 Å². The molecule has 0 saturated carbocycles. The molecule has 1 amide bonds. The zero-order valence-electron chi connectivity index (χ0n) is 7.11. The van der Waals surface area contributed by atoms with Crippen molar-refractivity contribution in [2.75, 3.05) is 11.9 Å². The Morgan fingerprint density at radius 3 is 3.15 bits per heavy atom. The number of nitrogens with zero attached hydrogens (tertiary/aromatic N) is 3. The number of nitrogens with one attached hydrogen (secondary N) is 1. The maximum Gasteiger partial charge on any atom is 0.239 e. The Kier molecular flexibility index (Phi) is 2.62. The third kappa shape index (κ3) is 1.83. The molecule has 0 radical (unpaired) electrons. The Morgan fingerprint density at radius 2 is 2.62 bits per heavy atom. The quantitative estimate of drug-likeness (QED) is 0.620. The van der Waals surface area contributed by atoms with E-state index in [1.54, 1.807) is 7.05 Å². The molecule has 0 unspecified atom stereocenters. The van der Waals surface area contributed by atoms with E-state index < -0.39 is 0 Å². The van der Waals surface area contributed by atoms with Crippen LogP contribution in [0.4, 0.5) is 5.82 Å². The Hall–Kier alpha value is -1.87. The van der Waals surface area contributed by atoms with Gasteiger partial charge in [-0.15, -0.1) is 0 Å². The van der Waals surface area contributed by atoms with Crippen molar-refractivity contribution in [2.24, 2.45) is 12.8 Å². The number of rotatable bonds is 2. The molecule has 0 fully saturated rings. The van der Waals surface area contributed by atoms with Crippen LogP contribution in [0.1, 0.15) is 5.56 Å². The minimum atomic E-state index is -0.347. The van der Waals surface area contributed by atoms with E-state index in [2.05, 4.69) is 10.4 Å². The van der Waals surface area contributed by atoms with Gasteiger partial charge in [0.15, 0.2) is 0 Å². The highest BCUT2D eigenvalue weighted by atomic mass is 16.1. The standard InChI is InChI=1S/C7H9N5O/c1-12-7(11-6(13)3-9)5(2-8)4-10-12/h4H,3,9H2,1H3,(H,11,13). The van der Waals surface area contributed by atoms with Gasteiger partial charge < -0.3 is 11.1 Å². The number of nitrogens with two attached hydrogens (primary N) is 1. The van der Waals surface area contributed by atoms with Crippen LogP contribution >= 0.6 is 0 Å². The van der Waals surface area contributed by atoms with Crippen LogP contribution < -0.4 is 11.1 Å². The van der Waals surface area contributed by atoms with Gasteiger partial charge in [-0.2, -0.15) is 10.4 Å². The van der Waals surface area contributed by atoms with Gasteiger partial charge in [0.05, 0.1) is 12.7 Å². The normalized spacial score (nSPS) is 9.31. The minimum absolute atomic E-state index is 0.115. The first kappa shape index (κ1) is 9.22. The summed E-state index contributed by atoms with van der Waals surface area (Å²) in [6.45, 7) is -0.115. The van der Waals surface area contributed by atoms with Gasteiger partial charge in [0, 0.05) is 7.05 Å². The maximum atomic E-state index is 10.9. The first-order valence-corrected chi connectivity index (χ1v) is 3.61. The van der Waals surface area contributed by atoms with E-state index >= 15 is 0 Å². The number of aryl methyl sites for hydroxylation is 1. The summed E-state index contributed by atoms with van der Waals surface area (Å²) in [7, 11) is 1.63. The van der Waals surface area contributed by atoms with Crippen molar-refractivity contribution in [3.05, 3.63) is 11.8 Å². The zero-order valence-corrected chi connectivity index (χ0v) is 7.11. The molecule has 6 heteroatoms. The van der Waals surface area contributed by atoms with Crippen molar-refractivity contribution in [3.8, 4) is 6.07 Å². The molecule has 0 aromatic carbocycles. The largest absolute Gasteiger partial charge is 0.322 e. The van der Waals surface area contributed by atoms with Gasteiger partial charge in [-0.25, -0.2) is 0 Å². The number of hydrogen-bond acceptors (Lipinski definition) is 4. The Bertz CT molecular complexity index is 361. The molecule has 0 aliphatic heterocycles. The van der Waals surface area contributed by atoms with E-state index in [-0.39, 0.29) is 12.5 Å². The fourth-order valence-electron chi connectivity index (χ4n) is 0.851. The first-order chi connectivity index (χ1) is 6.19. The topological polar surface area (TPSA) is 96.7 Å². The predicted molar refractivity (Wildman–Crippen MR) is 45.6 cm³/mol. The molecule has 3 N–H and O–H groups in total. The summed E-state index contributed by atoms with van der Waals surface area (Å²) in [6, 6.07) is 1.91. The van der Waals surface area contributed by atoms with E-state index in [4.69, 9.17) is 11.0 Å². The van der Waals surface area contributed by atoms with E-state index in [1.165, 1.54) is 10.9 Å². The Balaban J connectivity index is 2.93. The Morgan fingerprint density at radius 1 is 1.92 bits per heavy atom. The highest BCUT2D eigenvalue weighted by molar-refractivity contribution is 5.92. The molecular formula is C7H9N5O. The molecule has 6 nitrogen and oxygen atoms in total. The van der Waals surface area contributed by atoms with E-state index in [0.29, 0.717) is 11.4 Å². The van der Waals surface area contributed by atoms with Crippen molar-refractivity contribution in [2.45, 2.75) is 0 Å². The average molecular weight is 179 g/mol. The first-order valence-electron chi connectivity index (χ1n) is 3.61. The molecule has 0 aliphatic carbocycles. The molecule has 0 saturated heterocycles. The second-order valence-electron chi connectivity index (χ2n) is 2.39. The number of carbonyl (C=O) groups is 1. The van der Waals surface area contributed by atoms with Gasteiger partial charge in [-0.3, -0.25) is 9.48 Å². The van der Waals surface area contributed by atoms with Crippen molar-refractivity contribution in [3.63, 3.8) is 0 Å². The van der Waals surface area contributed by atoms with Crippen LogP contribution in [0.25, 0.3) is 0 Å². The second kappa shape index (κ2) is 3.69. The summed E-state index contributed by atoms with van der Waals surface area (Å²) in [5, 5.41) is 14.9. The molecule has 0 bridgehead atoms. The third-order valence-corrected chi connectivity index (χ3v) is 1.50. The number of aromatic nitrogens is 2. The molecule has 1 aromatic heterocycles. The lowest BCUT2D eigenvalue weighted by molar-refractivity contribution is -0.114. The van der Waals surface area contributed by atoms with Crippen LogP contribution in [0.2, 0.25) is 0 Å². The van der Waals surface area contributed by atoms with Crippen LogP contribution in [-0.4, -0.2) is 22.2 Å². The van der Waals surface area contributed by atoms with Gasteiger partial charge in [-0.1, -0.05) is 0 Å². The molecule has 1 rings (SSSR count). The molecule has 1 heterocycles. The predicted octanol–water partition coefficient (Wildman–Crippen LogP) is -0.811. The van der Waals surface area contributed by atoms with Gasteiger partial charge in [0.1, 0.15) is 17.5 Å². The molecule has 0 atom stereocenters. The lowest BCUT2D eigenvalue weighted by Crippen LogP contribution is -2.23. The van der Waals surface area contributed by atoms with Crippen molar-refractivity contribution in [1.29, 1.82) is 5.26 Å². The van der Waals surface area contributed by atoms with Gasteiger partial charge in [-0.05, 0) is 0 Å². The molecular weight excluding hydrogens is 170 g/mol. The summed E-state index contributed by atoms with van der Waals surface area (Å²) < 4.78 is 1.41. The fraction of sp³-hybridized carbons (Fsp3) is 0.286. The average Bonchev–Trinajstić information content (AvgIpc) is 2.48. The monoisotopic (exact) mass is 179 g/mol. The smallest absolute Gasteiger partial charge is 0.239 e. The van der Waals surface area contributed by atoms with Crippen molar-refractivity contribution >= 4 is 11.7 Å². The zero-order chi connectivity index (χ0) is 9.84. The van der Waals surface area contributed by atoms with Crippen molar-refractivity contribution in [1.82, 2.24) is 9.78 Å². The second-order valence-corrected chi connectivity index (χ2v) is 2.39. The van der Waals surface area contributed by atoms with Crippen LogP contribution in [0.3, 0.4) is 0 Å². The van der Waals surface area contributed by atoms with Crippen molar-refractivity contribution < 1.29 is 4.79 Å². The molecule has 0 spiro atoms. The lowest BCUT2D eigenvalue weighted by Gasteiger charge is -2.03. The SMILES string of the molecule is Cn1ncc(C#N)c1NC(=O)CN. The summed E-state index contributed by atoms with van der Waals surface area (Å²) in [4.78, 5) is 10.9. The van der Waals surface area contributed by atoms with E-state index in [1.807, 2.05) is 6.07 Å². The van der Waals surface area contributed by atoms with Gasteiger partial charge in [0.25, 0.3) is 0 Å². The summed E-state index contributed by atoms with van der Waals surface area (Å²) >= 11 is 0. The summed E-state index contributed by atoms with van der Waals surface area (Å²) in [6.07, 6.45) is 1.38. The molecule has 1 aromatic rings. The fourth-order valence-corrected chi connectivity index (χ4v) is 0.851. The van der Waals surface area contributed by atoms with E-state index in [0.717, 1.165) is 0 Å². The molecule has 68 valence electrons. The minimum Gasteiger partial charge on any atom is -0.322 e. The van der Waals surface area contributed by atoms with Crippen LogP contribution in [-0.2, 0) is 11.8 Å². The van der Waals surface area contributed by atoms with Crippen LogP contribution in [0, 0.1) is 11.3 Å². The number of carbonyl (C=O) groups excluding carboxylic acids is 1. The number of hydrogen-bond donors (Lipinski definition) is 2. The molecule has 0 aliphatic rings. The highest BCUT2D eigenvalue weighted by Crippen LogP contribution is 2.11. The summed E-state index contributed by atoms with van der Waals surface area (Å²) in [5.41, 5.74) is 5.43. The van der Waals surface area contributed by atoms with E-state index in [9.17, 15) is 4.79 Å². The molecule has 13 heavy (non-hydrogen) atoms. The number of amides is 1. The third-order valence-electron chi connectivity index (χ3n) is 1.50. The lowest BCUT2D eigenvalue weighted by atomic mass is 10.3. The van der Waals surface area contributed by atoms with Gasteiger partial charge >= 0.3 is 0 Å². The number of anilines is 1. The summed E-state index contributed by atoms with van der Waals surface area (Å²) in [5.74, 6) is 0.0260. The Labute approximate surface area is 74.9 Å². The number of nitriles is 1. The van der Waals surface area contributed by atoms with Crippen LogP contribution in [0.5, 0.6) is 0 Å². The van der Waals surface area contributed by atoms with Crippen LogP contribution in [0.15, 0.2) is 6.20 Å². The highest BCUT2D eigenvalue weighted by Gasteiger charge is 2.09.